The molecule has 5 nitrogen and oxygen atoms in total. The minimum absolute atomic E-state index is 0.334. The number of rotatable bonds is 3. The fourth-order valence-corrected chi connectivity index (χ4v) is 3.23. The van der Waals surface area contributed by atoms with E-state index in [1.807, 2.05) is 24.3 Å². The Bertz CT molecular complexity index is 898. The van der Waals surface area contributed by atoms with E-state index in [2.05, 4.69) is 58.6 Å². The molecule has 4 rings (SSSR count). The summed E-state index contributed by atoms with van der Waals surface area (Å²) in [6.45, 7) is 4.13. The molecule has 0 saturated heterocycles. The van der Waals surface area contributed by atoms with Crippen molar-refractivity contribution >= 4 is 17.4 Å². The van der Waals surface area contributed by atoms with Crippen LogP contribution in [0.15, 0.2) is 53.7 Å². The van der Waals surface area contributed by atoms with E-state index in [1.54, 1.807) is 11.8 Å². The van der Waals surface area contributed by atoms with Crippen molar-refractivity contribution in [2.75, 3.05) is 11.1 Å². The summed E-state index contributed by atoms with van der Waals surface area (Å²) in [7, 11) is 0. The van der Waals surface area contributed by atoms with Crippen molar-refractivity contribution in [3.8, 4) is 17.1 Å². The number of aromatic nitrogens is 3. The third kappa shape index (κ3) is 3.17. The molecule has 25 heavy (non-hydrogen) atoms. The summed E-state index contributed by atoms with van der Waals surface area (Å²) >= 11 is 1.55. The van der Waals surface area contributed by atoms with Gasteiger partial charge in [0.1, 0.15) is 0 Å². The fraction of sp³-hybridized carbons (Fsp3) is 0.211. The zero-order chi connectivity index (χ0) is 17.2. The van der Waals surface area contributed by atoms with E-state index in [-0.39, 0.29) is 6.23 Å². The molecule has 0 spiro atoms. The second-order valence-corrected chi connectivity index (χ2v) is 7.01. The van der Waals surface area contributed by atoms with Gasteiger partial charge in [-0.3, -0.25) is 0 Å². The fourth-order valence-electron chi connectivity index (χ4n) is 2.73. The molecule has 1 aliphatic rings. The van der Waals surface area contributed by atoms with E-state index in [9.17, 15) is 0 Å². The van der Waals surface area contributed by atoms with Gasteiger partial charge in [0, 0.05) is 16.8 Å². The Kier molecular flexibility index (Phi) is 4.28. The lowest BCUT2D eigenvalue weighted by Crippen LogP contribution is -2.17. The van der Waals surface area contributed by atoms with Gasteiger partial charge in [-0.05, 0) is 18.7 Å². The van der Waals surface area contributed by atoms with Crippen LogP contribution in [0.1, 0.15) is 24.3 Å². The van der Waals surface area contributed by atoms with Crippen molar-refractivity contribution < 1.29 is 4.74 Å². The Balaban J connectivity index is 1.82. The third-order valence-corrected chi connectivity index (χ3v) is 4.71. The maximum atomic E-state index is 6.21. The quantitative estimate of drug-likeness (QED) is 0.704. The van der Waals surface area contributed by atoms with Gasteiger partial charge in [-0.2, -0.15) is 4.98 Å². The number of ether oxygens (including phenoxy) is 1. The predicted octanol–water partition coefficient (Wildman–Crippen LogP) is 4.46. The monoisotopic (exact) mass is 350 g/mol. The highest BCUT2D eigenvalue weighted by Gasteiger charge is 2.25. The number of para-hydroxylation sites is 1. The van der Waals surface area contributed by atoms with Gasteiger partial charge >= 0.3 is 0 Å². The molecule has 126 valence electrons. The number of hydrogen-bond donors (Lipinski definition) is 1. The number of nitrogens with one attached hydrogen (secondary N) is 1. The molecule has 2 heterocycles. The number of nitrogens with zero attached hydrogens (tertiary/aromatic N) is 3. The SMILES string of the molecule is CCSc1nnc2c(n1)O[C@H](c1ccc(C)cc1)Nc1ccccc1-2. The first-order valence-electron chi connectivity index (χ1n) is 8.21. The number of thioether (sulfide) groups is 1. The van der Waals surface area contributed by atoms with Gasteiger partial charge in [-0.25, -0.2) is 0 Å². The average Bonchev–Trinajstić information content (AvgIpc) is 2.79. The first-order chi connectivity index (χ1) is 12.2. The van der Waals surface area contributed by atoms with Gasteiger partial charge < -0.3 is 10.1 Å². The summed E-state index contributed by atoms with van der Waals surface area (Å²) in [6.07, 6.45) is -0.334. The van der Waals surface area contributed by atoms with Crippen molar-refractivity contribution in [2.24, 2.45) is 0 Å². The van der Waals surface area contributed by atoms with Crippen LogP contribution < -0.4 is 10.1 Å². The standard InChI is InChI=1S/C19H18N4OS/c1-3-25-19-21-18-16(22-23-19)14-6-4-5-7-15(14)20-17(24-18)13-10-8-12(2)9-11-13/h4-11,17,20H,3H2,1-2H3/t17-/m1/s1. The second-order valence-electron chi connectivity index (χ2n) is 5.78. The number of anilines is 1. The van der Waals surface area contributed by atoms with Crippen LogP contribution in [-0.2, 0) is 0 Å². The molecule has 1 N–H and O–H groups in total. The van der Waals surface area contributed by atoms with Gasteiger partial charge in [0.05, 0.1) is 0 Å². The van der Waals surface area contributed by atoms with E-state index in [0.29, 0.717) is 16.7 Å². The molecule has 2 aromatic carbocycles. The molecule has 0 radical (unpaired) electrons. The Morgan fingerprint density at radius 1 is 1.08 bits per heavy atom. The zero-order valence-electron chi connectivity index (χ0n) is 14.1. The Morgan fingerprint density at radius 2 is 1.88 bits per heavy atom. The molecule has 1 aromatic heterocycles. The van der Waals surface area contributed by atoms with Crippen molar-refractivity contribution in [1.82, 2.24) is 15.2 Å². The lowest BCUT2D eigenvalue weighted by atomic mass is 10.1. The van der Waals surface area contributed by atoms with Crippen LogP contribution in [0.2, 0.25) is 0 Å². The summed E-state index contributed by atoms with van der Waals surface area (Å²) in [4.78, 5) is 4.58. The molecule has 0 amide bonds. The molecular weight excluding hydrogens is 332 g/mol. The highest BCUT2D eigenvalue weighted by Crippen LogP contribution is 2.39. The van der Waals surface area contributed by atoms with Crippen LogP contribution in [0.25, 0.3) is 11.3 Å². The Morgan fingerprint density at radius 3 is 2.68 bits per heavy atom. The number of fused-ring (bicyclic) bond motifs is 3. The minimum atomic E-state index is -0.334. The maximum Gasteiger partial charge on any atom is 0.247 e. The summed E-state index contributed by atoms with van der Waals surface area (Å²) in [5, 5.41) is 12.7. The van der Waals surface area contributed by atoms with E-state index >= 15 is 0 Å². The molecule has 6 heteroatoms. The van der Waals surface area contributed by atoms with Crippen LogP contribution in [0, 0.1) is 6.92 Å². The van der Waals surface area contributed by atoms with Gasteiger partial charge in [0.2, 0.25) is 11.0 Å². The molecule has 3 aromatic rings. The van der Waals surface area contributed by atoms with Crippen molar-refractivity contribution in [2.45, 2.75) is 25.2 Å². The molecule has 1 atom stereocenters. The van der Waals surface area contributed by atoms with Crippen LogP contribution >= 0.6 is 11.8 Å². The topological polar surface area (TPSA) is 59.9 Å². The lowest BCUT2D eigenvalue weighted by Gasteiger charge is -2.19. The van der Waals surface area contributed by atoms with Crippen LogP contribution in [0.5, 0.6) is 5.88 Å². The van der Waals surface area contributed by atoms with Gasteiger partial charge in [0.25, 0.3) is 0 Å². The summed E-state index contributed by atoms with van der Waals surface area (Å²) < 4.78 is 6.21. The lowest BCUT2D eigenvalue weighted by molar-refractivity contribution is 0.225. The summed E-state index contributed by atoms with van der Waals surface area (Å²) in [5.74, 6) is 1.39. The molecule has 0 fully saturated rings. The summed E-state index contributed by atoms with van der Waals surface area (Å²) in [6, 6.07) is 16.3. The van der Waals surface area contributed by atoms with Crippen molar-refractivity contribution in [3.05, 3.63) is 59.7 Å². The first-order valence-corrected chi connectivity index (χ1v) is 9.20. The van der Waals surface area contributed by atoms with Gasteiger partial charge in [0.15, 0.2) is 11.9 Å². The maximum absolute atomic E-state index is 6.21. The molecule has 0 bridgehead atoms. The van der Waals surface area contributed by atoms with Gasteiger partial charge in [-0.1, -0.05) is 66.7 Å². The van der Waals surface area contributed by atoms with Crippen molar-refractivity contribution in [1.29, 1.82) is 0 Å². The highest BCUT2D eigenvalue weighted by atomic mass is 32.2. The third-order valence-electron chi connectivity index (χ3n) is 3.99. The number of benzene rings is 2. The second kappa shape index (κ2) is 6.72. The van der Waals surface area contributed by atoms with Crippen LogP contribution in [0.3, 0.4) is 0 Å². The Labute approximate surface area is 150 Å². The highest BCUT2D eigenvalue weighted by molar-refractivity contribution is 7.99. The van der Waals surface area contributed by atoms with E-state index in [4.69, 9.17) is 4.74 Å². The van der Waals surface area contributed by atoms with Gasteiger partial charge in [-0.15, -0.1) is 10.2 Å². The van der Waals surface area contributed by atoms with Crippen molar-refractivity contribution in [3.63, 3.8) is 0 Å². The molecule has 0 unspecified atom stereocenters. The number of aryl methyl sites for hydroxylation is 1. The van der Waals surface area contributed by atoms with E-state index in [0.717, 1.165) is 22.6 Å². The molecule has 1 aliphatic heterocycles. The van der Waals surface area contributed by atoms with Crippen LogP contribution in [-0.4, -0.2) is 20.9 Å². The van der Waals surface area contributed by atoms with E-state index in [1.165, 1.54) is 5.56 Å². The Hall–Kier alpha value is -2.60. The molecule has 0 saturated carbocycles. The molecular formula is C19H18N4OS. The number of hydrogen-bond acceptors (Lipinski definition) is 6. The summed E-state index contributed by atoms with van der Waals surface area (Å²) in [5.41, 5.74) is 4.82. The first kappa shape index (κ1) is 15.9. The predicted molar refractivity (Wildman–Crippen MR) is 99.8 cm³/mol. The molecule has 0 aliphatic carbocycles. The van der Waals surface area contributed by atoms with Crippen LogP contribution in [0.4, 0.5) is 5.69 Å². The average molecular weight is 350 g/mol. The van der Waals surface area contributed by atoms with E-state index < -0.39 is 0 Å². The smallest absolute Gasteiger partial charge is 0.247 e. The zero-order valence-corrected chi connectivity index (χ0v) is 14.9. The minimum Gasteiger partial charge on any atom is -0.448 e. The normalized spacial score (nSPS) is 15.4. The largest absolute Gasteiger partial charge is 0.448 e.